The van der Waals surface area contributed by atoms with Gasteiger partial charge in [-0.3, -0.25) is 0 Å². The van der Waals surface area contributed by atoms with Gasteiger partial charge in [0.1, 0.15) is 6.17 Å². The highest BCUT2D eigenvalue weighted by atomic mass is 15.4. The van der Waals surface area contributed by atoms with Crippen LogP contribution in [0, 0.1) is 0 Å². The van der Waals surface area contributed by atoms with Crippen LogP contribution in [0.3, 0.4) is 0 Å². The molecule has 1 aliphatic rings. The Hall–Kier alpha value is -0.660. The zero-order chi connectivity index (χ0) is 23.1. The summed E-state index contributed by atoms with van der Waals surface area (Å²) < 4.78 is 0. The van der Waals surface area contributed by atoms with Crippen LogP contribution < -0.4 is 0 Å². The van der Waals surface area contributed by atoms with Gasteiger partial charge in [0.25, 0.3) is 0 Å². The van der Waals surface area contributed by atoms with E-state index in [2.05, 4.69) is 43.0 Å². The topological polar surface area (TPSA) is 6.48 Å². The first-order valence-electron chi connectivity index (χ1n) is 15.0. The van der Waals surface area contributed by atoms with Crippen molar-refractivity contribution in [3.63, 3.8) is 0 Å². The lowest BCUT2D eigenvalue weighted by molar-refractivity contribution is 0.137. The summed E-state index contributed by atoms with van der Waals surface area (Å²) in [5.41, 5.74) is 0. The molecule has 0 amide bonds. The molecule has 0 saturated heterocycles. The first kappa shape index (κ1) is 29.4. The Morgan fingerprint density at radius 3 is 1.16 bits per heavy atom. The van der Waals surface area contributed by atoms with Crippen LogP contribution in [-0.4, -0.2) is 29.1 Å². The monoisotopic (exact) mass is 448 g/mol. The number of unbranched alkanes of at least 4 members (excludes halogenated alkanes) is 18. The second-order valence-corrected chi connectivity index (χ2v) is 10.4. The van der Waals surface area contributed by atoms with E-state index in [0.717, 1.165) is 0 Å². The van der Waals surface area contributed by atoms with Gasteiger partial charge in [-0.1, -0.05) is 136 Å². The van der Waals surface area contributed by atoms with E-state index in [0.29, 0.717) is 6.17 Å². The second kappa shape index (κ2) is 22.1. The van der Waals surface area contributed by atoms with Gasteiger partial charge in [0.15, 0.2) is 0 Å². The molecule has 1 aliphatic heterocycles. The molecule has 1 rings (SSSR count). The van der Waals surface area contributed by atoms with E-state index in [1.54, 1.807) is 0 Å². The summed E-state index contributed by atoms with van der Waals surface area (Å²) in [6.07, 6.45) is 36.7. The summed E-state index contributed by atoms with van der Waals surface area (Å²) in [5, 5.41) is 0. The number of hydrogen-bond acceptors (Lipinski definition) is 2. The number of rotatable bonds is 24. The van der Waals surface area contributed by atoms with Gasteiger partial charge < -0.3 is 9.80 Å². The van der Waals surface area contributed by atoms with Crippen molar-refractivity contribution in [1.82, 2.24) is 9.80 Å². The smallest absolute Gasteiger partial charge is 0.101 e. The highest BCUT2D eigenvalue weighted by Gasteiger charge is 2.24. The SMILES string of the molecule is CCCCCCCCCCCCCCCCCCCN1C=CN(CCCC)C1CCCC. The molecular weight excluding hydrogens is 388 g/mol. The lowest BCUT2D eigenvalue weighted by atomic mass is 10.0. The van der Waals surface area contributed by atoms with Gasteiger partial charge in [-0.25, -0.2) is 0 Å². The Kier molecular flexibility index (Phi) is 20.3. The molecule has 0 saturated carbocycles. The molecule has 1 atom stereocenters. The second-order valence-electron chi connectivity index (χ2n) is 10.4. The average molecular weight is 449 g/mol. The van der Waals surface area contributed by atoms with Crippen molar-refractivity contribution in [3.8, 4) is 0 Å². The zero-order valence-corrected chi connectivity index (χ0v) is 22.6. The first-order chi connectivity index (χ1) is 15.8. The maximum Gasteiger partial charge on any atom is 0.101 e. The maximum atomic E-state index is 2.64. The Balaban J connectivity index is 1.90. The normalized spacial score (nSPS) is 15.9. The van der Waals surface area contributed by atoms with Crippen molar-refractivity contribution in [1.29, 1.82) is 0 Å². The van der Waals surface area contributed by atoms with Gasteiger partial charge in [0, 0.05) is 25.5 Å². The van der Waals surface area contributed by atoms with E-state index in [9.17, 15) is 0 Å². The Morgan fingerprint density at radius 2 is 0.750 bits per heavy atom. The predicted octanol–water partition coefficient (Wildman–Crippen LogP) is 10.0. The molecule has 1 unspecified atom stereocenters. The van der Waals surface area contributed by atoms with Crippen molar-refractivity contribution in [2.45, 2.75) is 168 Å². The van der Waals surface area contributed by atoms with Crippen molar-refractivity contribution in [2.24, 2.45) is 0 Å². The molecule has 190 valence electrons. The largest absolute Gasteiger partial charge is 0.356 e. The number of nitrogens with zero attached hydrogens (tertiary/aromatic N) is 2. The van der Waals surface area contributed by atoms with Gasteiger partial charge in [-0.05, 0) is 25.7 Å². The Bertz CT molecular complexity index is 406. The zero-order valence-electron chi connectivity index (χ0n) is 22.6. The summed E-state index contributed by atoms with van der Waals surface area (Å²) in [4.78, 5) is 5.24. The first-order valence-corrected chi connectivity index (χ1v) is 15.0. The summed E-state index contributed by atoms with van der Waals surface area (Å²) in [7, 11) is 0. The van der Waals surface area contributed by atoms with Crippen LogP contribution in [0.2, 0.25) is 0 Å². The van der Waals surface area contributed by atoms with Gasteiger partial charge in [0.2, 0.25) is 0 Å². The molecule has 2 heteroatoms. The third-order valence-corrected chi connectivity index (χ3v) is 7.32. The van der Waals surface area contributed by atoms with Gasteiger partial charge in [0.05, 0.1) is 0 Å². The van der Waals surface area contributed by atoms with Crippen molar-refractivity contribution < 1.29 is 0 Å². The van der Waals surface area contributed by atoms with Crippen LogP contribution in [0.1, 0.15) is 162 Å². The van der Waals surface area contributed by atoms with Gasteiger partial charge in [-0.15, -0.1) is 0 Å². The van der Waals surface area contributed by atoms with Crippen molar-refractivity contribution in [2.75, 3.05) is 13.1 Å². The fourth-order valence-electron chi connectivity index (χ4n) is 5.09. The Morgan fingerprint density at radius 1 is 0.406 bits per heavy atom. The van der Waals surface area contributed by atoms with Crippen LogP contribution >= 0.6 is 0 Å². The molecule has 1 heterocycles. The van der Waals surface area contributed by atoms with Crippen LogP contribution in [0.4, 0.5) is 0 Å². The molecule has 0 bridgehead atoms. The van der Waals surface area contributed by atoms with Crippen LogP contribution in [0.15, 0.2) is 12.4 Å². The molecule has 2 nitrogen and oxygen atoms in total. The molecule has 0 N–H and O–H groups in total. The van der Waals surface area contributed by atoms with E-state index >= 15 is 0 Å². The molecule has 0 aromatic carbocycles. The molecule has 0 fully saturated rings. The van der Waals surface area contributed by atoms with Crippen molar-refractivity contribution >= 4 is 0 Å². The van der Waals surface area contributed by atoms with Crippen LogP contribution in [0.5, 0.6) is 0 Å². The average Bonchev–Trinajstić information content (AvgIpc) is 3.19. The predicted molar refractivity (Wildman–Crippen MR) is 145 cm³/mol. The number of hydrogen-bond donors (Lipinski definition) is 0. The summed E-state index contributed by atoms with van der Waals surface area (Å²) >= 11 is 0. The summed E-state index contributed by atoms with van der Waals surface area (Å²) in [5.74, 6) is 0. The van der Waals surface area contributed by atoms with E-state index in [-0.39, 0.29) is 0 Å². The third kappa shape index (κ3) is 15.2. The van der Waals surface area contributed by atoms with Crippen LogP contribution in [-0.2, 0) is 0 Å². The van der Waals surface area contributed by atoms with Gasteiger partial charge in [-0.2, -0.15) is 0 Å². The highest BCUT2D eigenvalue weighted by Crippen LogP contribution is 2.22. The van der Waals surface area contributed by atoms with E-state index in [1.165, 1.54) is 154 Å². The molecule has 0 radical (unpaired) electrons. The fourth-order valence-corrected chi connectivity index (χ4v) is 5.09. The molecular formula is C30H60N2. The quantitative estimate of drug-likeness (QED) is 0.135. The van der Waals surface area contributed by atoms with E-state index < -0.39 is 0 Å². The van der Waals surface area contributed by atoms with Crippen LogP contribution in [0.25, 0.3) is 0 Å². The maximum absolute atomic E-state index is 2.64. The fraction of sp³-hybridized carbons (Fsp3) is 0.933. The van der Waals surface area contributed by atoms with E-state index in [4.69, 9.17) is 0 Å². The Labute approximate surface area is 203 Å². The minimum absolute atomic E-state index is 0.641. The minimum Gasteiger partial charge on any atom is -0.356 e. The van der Waals surface area contributed by atoms with E-state index in [1.807, 2.05) is 0 Å². The third-order valence-electron chi connectivity index (χ3n) is 7.32. The van der Waals surface area contributed by atoms with Crippen molar-refractivity contribution in [3.05, 3.63) is 12.4 Å². The lowest BCUT2D eigenvalue weighted by Crippen LogP contribution is -2.39. The summed E-state index contributed by atoms with van der Waals surface area (Å²) in [6.45, 7) is 9.41. The standard InChI is InChI=1S/C30H60N2/c1-4-7-10-11-12-13-14-15-16-17-18-19-20-21-22-23-24-27-32-29-28-31(26-9-6-3)30(32)25-8-5-2/h28-30H,4-27H2,1-3H3. The lowest BCUT2D eigenvalue weighted by Gasteiger charge is -2.33. The van der Waals surface area contributed by atoms with Gasteiger partial charge >= 0.3 is 0 Å². The summed E-state index contributed by atoms with van der Waals surface area (Å²) in [6, 6.07) is 0. The molecule has 0 aromatic rings. The molecule has 0 aromatic heterocycles. The molecule has 0 spiro atoms. The molecule has 0 aliphatic carbocycles. The molecule has 32 heavy (non-hydrogen) atoms. The highest BCUT2D eigenvalue weighted by molar-refractivity contribution is 4.96. The minimum atomic E-state index is 0.641.